The fourth-order valence-electron chi connectivity index (χ4n) is 3.09. The molecule has 0 unspecified atom stereocenters. The molecule has 1 N–H and O–H groups in total. The lowest BCUT2D eigenvalue weighted by atomic mass is 10.1. The minimum absolute atomic E-state index is 0.00673. The Morgan fingerprint density at radius 1 is 1.00 bits per heavy atom. The maximum Gasteiger partial charge on any atom is 0.196 e. The van der Waals surface area contributed by atoms with Gasteiger partial charge in [-0.25, -0.2) is 0 Å². The van der Waals surface area contributed by atoms with Crippen molar-refractivity contribution in [2.24, 2.45) is 0 Å². The SMILES string of the molecule is COc1ccc(C(=O)CSc2nnc(CNc3ccccc3)n2-c2ccc(Cl)cc2)cc1. The highest BCUT2D eigenvalue weighted by Gasteiger charge is 2.16. The highest BCUT2D eigenvalue weighted by atomic mass is 35.5. The number of ketones is 1. The number of nitrogens with zero attached hydrogens (tertiary/aromatic N) is 3. The van der Waals surface area contributed by atoms with Crippen molar-refractivity contribution in [3.8, 4) is 11.4 Å². The first-order valence-corrected chi connectivity index (χ1v) is 11.3. The van der Waals surface area contributed by atoms with E-state index in [1.165, 1.54) is 11.8 Å². The normalized spacial score (nSPS) is 10.7. The van der Waals surface area contributed by atoms with E-state index < -0.39 is 0 Å². The molecule has 0 amide bonds. The highest BCUT2D eigenvalue weighted by Crippen LogP contribution is 2.25. The second-order valence-electron chi connectivity index (χ2n) is 6.87. The van der Waals surface area contributed by atoms with Crippen LogP contribution in [0.4, 0.5) is 5.69 Å². The second kappa shape index (κ2) is 10.3. The van der Waals surface area contributed by atoms with Gasteiger partial charge in [-0.2, -0.15) is 0 Å². The molecule has 0 fully saturated rings. The summed E-state index contributed by atoms with van der Waals surface area (Å²) in [7, 11) is 1.60. The summed E-state index contributed by atoms with van der Waals surface area (Å²) in [6.07, 6.45) is 0. The Hall–Kier alpha value is -3.29. The van der Waals surface area contributed by atoms with Crippen molar-refractivity contribution in [1.82, 2.24) is 14.8 Å². The van der Waals surface area contributed by atoms with Crippen LogP contribution >= 0.6 is 23.4 Å². The number of benzene rings is 3. The summed E-state index contributed by atoms with van der Waals surface area (Å²) in [5.41, 5.74) is 2.49. The minimum atomic E-state index is 0.00673. The van der Waals surface area contributed by atoms with Crippen LogP contribution in [0.25, 0.3) is 5.69 Å². The average Bonchev–Trinajstić information content (AvgIpc) is 3.25. The molecule has 32 heavy (non-hydrogen) atoms. The molecule has 4 rings (SSSR count). The van der Waals surface area contributed by atoms with Crippen LogP contribution in [0.1, 0.15) is 16.2 Å². The number of rotatable bonds is 9. The highest BCUT2D eigenvalue weighted by molar-refractivity contribution is 7.99. The van der Waals surface area contributed by atoms with Crippen LogP contribution in [-0.4, -0.2) is 33.4 Å². The van der Waals surface area contributed by atoms with Gasteiger partial charge in [0.15, 0.2) is 16.8 Å². The lowest BCUT2D eigenvalue weighted by molar-refractivity contribution is 0.102. The van der Waals surface area contributed by atoms with E-state index in [9.17, 15) is 4.79 Å². The summed E-state index contributed by atoms with van der Waals surface area (Å²) < 4.78 is 7.10. The zero-order valence-corrected chi connectivity index (χ0v) is 18.9. The molecule has 162 valence electrons. The topological polar surface area (TPSA) is 69.0 Å². The van der Waals surface area contributed by atoms with Gasteiger partial charge in [0.2, 0.25) is 0 Å². The largest absolute Gasteiger partial charge is 0.497 e. The van der Waals surface area contributed by atoms with Crippen molar-refractivity contribution in [2.45, 2.75) is 11.7 Å². The number of carbonyl (C=O) groups excluding carboxylic acids is 1. The Balaban J connectivity index is 1.54. The van der Waals surface area contributed by atoms with E-state index in [0.29, 0.717) is 28.0 Å². The number of nitrogens with one attached hydrogen (secondary N) is 1. The van der Waals surface area contributed by atoms with Gasteiger partial charge in [0.25, 0.3) is 0 Å². The first kappa shape index (κ1) is 21.9. The van der Waals surface area contributed by atoms with E-state index in [1.54, 1.807) is 31.4 Å². The van der Waals surface area contributed by atoms with E-state index in [-0.39, 0.29) is 11.5 Å². The first-order chi connectivity index (χ1) is 15.6. The van der Waals surface area contributed by atoms with Crippen LogP contribution in [0, 0.1) is 0 Å². The first-order valence-electron chi connectivity index (χ1n) is 9.93. The third-order valence-electron chi connectivity index (χ3n) is 4.75. The predicted octanol–water partition coefficient (Wildman–Crippen LogP) is 5.52. The molecule has 1 heterocycles. The number of aromatic nitrogens is 3. The van der Waals surface area contributed by atoms with E-state index in [1.807, 2.05) is 59.2 Å². The number of ether oxygens (including phenoxy) is 1. The number of halogens is 1. The Kier molecular flexibility index (Phi) is 7.09. The summed E-state index contributed by atoms with van der Waals surface area (Å²) in [6, 6.07) is 24.4. The molecule has 0 radical (unpaired) electrons. The van der Waals surface area contributed by atoms with Crippen LogP contribution in [0.3, 0.4) is 0 Å². The van der Waals surface area contributed by atoms with Crippen molar-refractivity contribution in [2.75, 3.05) is 18.2 Å². The summed E-state index contributed by atoms with van der Waals surface area (Å²) in [4.78, 5) is 12.7. The van der Waals surface area contributed by atoms with Crippen molar-refractivity contribution in [3.05, 3.63) is 95.3 Å². The van der Waals surface area contributed by atoms with Crippen molar-refractivity contribution in [1.29, 1.82) is 0 Å². The molecule has 0 spiro atoms. The third kappa shape index (κ3) is 5.30. The van der Waals surface area contributed by atoms with Crippen LogP contribution < -0.4 is 10.1 Å². The van der Waals surface area contributed by atoms with Crippen LogP contribution in [0.2, 0.25) is 5.02 Å². The molecule has 3 aromatic carbocycles. The molecule has 0 saturated heterocycles. The summed E-state index contributed by atoms with van der Waals surface area (Å²) in [5.74, 6) is 1.69. The molecule has 0 aliphatic rings. The lowest BCUT2D eigenvalue weighted by Crippen LogP contribution is -2.09. The Labute approximate surface area is 195 Å². The van der Waals surface area contributed by atoms with Gasteiger partial charge in [-0.15, -0.1) is 10.2 Å². The second-order valence-corrected chi connectivity index (χ2v) is 8.25. The molecule has 4 aromatic rings. The lowest BCUT2D eigenvalue weighted by Gasteiger charge is -2.11. The molecule has 1 aromatic heterocycles. The van der Waals surface area contributed by atoms with Crippen molar-refractivity contribution < 1.29 is 9.53 Å². The van der Waals surface area contributed by atoms with Gasteiger partial charge in [0.05, 0.1) is 19.4 Å². The summed E-state index contributed by atoms with van der Waals surface area (Å²) >= 11 is 7.42. The molecule has 6 nitrogen and oxygen atoms in total. The third-order valence-corrected chi connectivity index (χ3v) is 5.93. The average molecular weight is 465 g/mol. The molecule has 0 aliphatic carbocycles. The van der Waals surface area contributed by atoms with Gasteiger partial charge < -0.3 is 10.1 Å². The number of carbonyl (C=O) groups is 1. The molecule has 0 atom stereocenters. The molecular formula is C24H21ClN4O2S. The van der Waals surface area contributed by atoms with Gasteiger partial charge in [-0.05, 0) is 60.7 Å². The molecule has 0 bridgehead atoms. The zero-order valence-electron chi connectivity index (χ0n) is 17.4. The fourth-order valence-corrected chi connectivity index (χ4v) is 4.08. The Morgan fingerprint density at radius 2 is 1.72 bits per heavy atom. The number of methoxy groups -OCH3 is 1. The number of hydrogen-bond donors (Lipinski definition) is 1. The van der Waals surface area contributed by atoms with Crippen molar-refractivity contribution >= 4 is 34.8 Å². The van der Waals surface area contributed by atoms with E-state index in [0.717, 1.165) is 17.2 Å². The van der Waals surface area contributed by atoms with E-state index in [2.05, 4.69) is 15.5 Å². The number of anilines is 1. The van der Waals surface area contributed by atoms with Crippen LogP contribution in [-0.2, 0) is 6.54 Å². The quantitative estimate of drug-likeness (QED) is 0.260. The maximum absolute atomic E-state index is 12.7. The zero-order chi connectivity index (χ0) is 22.3. The number of para-hydroxylation sites is 1. The van der Waals surface area contributed by atoms with Gasteiger partial charge in [-0.3, -0.25) is 9.36 Å². The molecular weight excluding hydrogens is 444 g/mol. The standard InChI is InChI=1S/C24H21ClN4O2S/c1-31-21-13-7-17(8-14-21)22(30)16-32-24-28-27-23(15-26-19-5-3-2-4-6-19)29(24)20-11-9-18(25)10-12-20/h2-14,26H,15-16H2,1H3. The van der Waals surface area contributed by atoms with Gasteiger partial charge in [0, 0.05) is 22.0 Å². The van der Waals surface area contributed by atoms with Crippen molar-refractivity contribution in [3.63, 3.8) is 0 Å². The van der Waals surface area contributed by atoms with Gasteiger partial charge in [-0.1, -0.05) is 41.6 Å². The molecule has 0 aliphatic heterocycles. The van der Waals surface area contributed by atoms with Gasteiger partial charge in [0.1, 0.15) is 5.75 Å². The number of Topliss-reactive ketones (excluding diaryl/α,β-unsaturated/α-hetero) is 1. The number of hydrogen-bond acceptors (Lipinski definition) is 6. The summed E-state index contributed by atoms with van der Waals surface area (Å²) in [6.45, 7) is 0.479. The molecule has 8 heteroatoms. The predicted molar refractivity (Wildman–Crippen MR) is 128 cm³/mol. The Morgan fingerprint density at radius 3 is 2.41 bits per heavy atom. The fraction of sp³-hybridized carbons (Fsp3) is 0.125. The van der Waals surface area contributed by atoms with E-state index in [4.69, 9.17) is 16.3 Å². The maximum atomic E-state index is 12.7. The Bertz CT molecular complexity index is 1180. The summed E-state index contributed by atoms with van der Waals surface area (Å²) in [5, 5.41) is 13.4. The van der Waals surface area contributed by atoms with E-state index >= 15 is 0 Å². The van der Waals surface area contributed by atoms with Crippen LogP contribution in [0.15, 0.2) is 84.0 Å². The molecule has 0 saturated carbocycles. The smallest absolute Gasteiger partial charge is 0.196 e. The van der Waals surface area contributed by atoms with Crippen LogP contribution in [0.5, 0.6) is 5.75 Å². The minimum Gasteiger partial charge on any atom is -0.497 e. The monoisotopic (exact) mass is 464 g/mol. The number of thioether (sulfide) groups is 1. The van der Waals surface area contributed by atoms with Gasteiger partial charge >= 0.3 is 0 Å².